The molecule has 5 nitrogen and oxygen atoms in total. The van der Waals surface area contributed by atoms with Gasteiger partial charge in [-0.15, -0.1) is 0 Å². The topological polar surface area (TPSA) is 74.5 Å². The molecule has 0 fully saturated rings. The Labute approximate surface area is 128 Å². The SMILES string of the molecule is CC(Oc1ccc(C#N)cc1)C(=O)N/N=C/c1ccccc1. The molecule has 0 radical (unpaired) electrons. The van der Waals surface area contributed by atoms with E-state index in [9.17, 15) is 4.79 Å². The highest BCUT2D eigenvalue weighted by Crippen LogP contribution is 2.13. The van der Waals surface area contributed by atoms with Crippen molar-refractivity contribution in [3.8, 4) is 11.8 Å². The number of rotatable bonds is 5. The van der Waals surface area contributed by atoms with Crippen LogP contribution >= 0.6 is 0 Å². The van der Waals surface area contributed by atoms with Gasteiger partial charge in [-0.25, -0.2) is 5.43 Å². The van der Waals surface area contributed by atoms with Crippen LogP contribution in [-0.2, 0) is 4.79 Å². The molecule has 1 N–H and O–H groups in total. The van der Waals surface area contributed by atoms with Crippen LogP contribution < -0.4 is 10.2 Å². The lowest BCUT2D eigenvalue weighted by atomic mass is 10.2. The fourth-order valence-corrected chi connectivity index (χ4v) is 1.67. The van der Waals surface area contributed by atoms with Crippen molar-refractivity contribution in [2.45, 2.75) is 13.0 Å². The average Bonchev–Trinajstić information content (AvgIpc) is 2.56. The summed E-state index contributed by atoms with van der Waals surface area (Å²) in [6.45, 7) is 1.63. The number of hydrogen-bond acceptors (Lipinski definition) is 4. The molecule has 0 saturated heterocycles. The largest absolute Gasteiger partial charge is 0.481 e. The van der Waals surface area contributed by atoms with Gasteiger partial charge in [0.05, 0.1) is 17.8 Å². The predicted octanol–water partition coefficient (Wildman–Crippen LogP) is 2.48. The second-order valence-electron chi connectivity index (χ2n) is 4.54. The van der Waals surface area contributed by atoms with Crippen molar-refractivity contribution in [2.24, 2.45) is 5.10 Å². The van der Waals surface area contributed by atoms with Crippen molar-refractivity contribution < 1.29 is 9.53 Å². The summed E-state index contributed by atoms with van der Waals surface area (Å²) in [6.07, 6.45) is 0.868. The minimum Gasteiger partial charge on any atom is -0.481 e. The van der Waals surface area contributed by atoms with Crippen LogP contribution in [0.4, 0.5) is 0 Å². The van der Waals surface area contributed by atoms with Crippen molar-refractivity contribution in [3.63, 3.8) is 0 Å². The molecule has 0 heterocycles. The highest BCUT2D eigenvalue weighted by molar-refractivity contribution is 5.84. The number of hydrogen-bond donors (Lipinski definition) is 1. The van der Waals surface area contributed by atoms with Gasteiger partial charge in [0, 0.05) is 0 Å². The van der Waals surface area contributed by atoms with Crippen molar-refractivity contribution in [1.29, 1.82) is 5.26 Å². The van der Waals surface area contributed by atoms with Gasteiger partial charge in [-0.2, -0.15) is 10.4 Å². The molecule has 0 spiro atoms. The Kier molecular flexibility index (Phi) is 5.27. The molecule has 2 aromatic rings. The summed E-state index contributed by atoms with van der Waals surface area (Å²) < 4.78 is 5.48. The van der Waals surface area contributed by atoms with Gasteiger partial charge in [-0.1, -0.05) is 30.3 Å². The summed E-state index contributed by atoms with van der Waals surface area (Å²) in [7, 11) is 0. The molecule has 2 aromatic carbocycles. The molecule has 0 bridgehead atoms. The van der Waals surface area contributed by atoms with Gasteiger partial charge in [-0.05, 0) is 36.8 Å². The number of benzene rings is 2. The lowest BCUT2D eigenvalue weighted by Gasteiger charge is -2.12. The first-order valence-electron chi connectivity index (χ1n) is 6.74. The van der Waals surface area contributed by atoms with Crippen LogP contribution in [0.25, 0.3) is 0 Å². The molecular formula is C17H15N3O2. The van der Waals surface area contributed by atoms with E-state index in [1.54, 1.807) is 37.4 Å². The highest BCUT2D eigenvalue weighted by Gasteiger charge is 2.13. The number of ether oxygens (including phenoxy) is 1. The van der Waals surface area contributed by atoms with Gasteiger partial charge >= 0.3 is 0 Å². The van der Waals surface area contributed by atoms with Gasteiger partial charge in [0.25, 0.3) is 5.91 Å². The summed E-state index contributed by atoms with van der Waals surface area (Å²) >= 11 is 0. The van der Waals surface area contributed by atoms with Crippen LogP contribution in [0.5, 0.6) is 5.75 Å². The maximum absolute atomic E-state index is 11.9. The lowest BCUT2D eigenvalue weighted by molar-refractivity contribution is -0.127. The molecule has 2 rings (SSSR count). The van der Waals surface area contributed by atoms with Crippen molar-refractivity contribution >= 4 is 12.1 Å². The first-order chi connectivity index (χ1) is 10.7. The second kappa shape index (κ2) is 7.60. The van der Waals surface area contributed by atoms with E-state index in [2.05, 4.69) is 10.5 Å². The van der Waals surface area contributed by atoms with Gasteiger partial charge in [-0.3, -0.25) is 4.79 Å². The molecule has 0 aromatic heterocycles. The van der Waals surface area contributed by atoms with E-state index in [4.69, 9.17) is 10.00 Å². The normalized spacial score (nSPS) is 11.6. The van der Waals surface area contributed by atoms with Crippen molar-refractivity contribution in [3.05, 3.63) is 65.7 Å². The summed E-state index contributed by atoms with van der Waals surface area (Å²) in [4.78, 5) is 11.9. The number of amides is 1. The molecular weight excluding hydrogens is 278 g/mol. The molecule has 1 atom stereocenters. The molecule has 0 saturated carbocycles. The number of carbonyl (C=O) groups is 1. The molecule has 0 aliphatic rings. The molecule has 0 aliphatic carbocycles. The third-order valence-electron chi connectivity index (χ3n) is 2.85. The van der Waals surface area contributed by atoms with Crippen LogP contribution in [0.2, 0.25) is 0 Å². The van der Waals surface area contributed by atoms with Crippen molar-refractivity contribution in [2.75, 3.05) is 0 Å². The number of carbonyl (C=O) groups excluding carboxylic acids is 1. The Morgan fingerprint density at radius 2 is 1.91 bits per heavy atom. The quantitative estimate of drug-likeness (QED) is 0.679. The molecule has 1 unspecified atom stereocenters. The van der Waals surface area contributed by atoms with Gasteiger partial charge < -0.3 is 4.74 Å². The molecule has 0 aliphatic heterocycles. The first kappa shape index (κ1) is 15.3. The molecule has 110 valence electrons. The number of nitrogens with one attached hydrogen (secondary N) is 1. The van der Waals surface area contributed by atoms with E-state index in [0.29, 0.717) is 11.3 Å². The Bertz CT molecular complexity index is 688. The minimum absolute atomic E-state index is 0.350. The minimum atomic E-state index is -0.694. The summed E-state index contributed by atoms with van der Waals surface area (Å²) in [6, 6.07) is 18.0. The van der Waals surface area contributed by atoms with E-state index in [-0.39, 0.29) is 5.91 Å². The standard InChI is InChI=1S/C17H15N3O2/c1-13(22-16-9-7-14(11-18)8-10-16)17(21)20-19-12-15-5-3-2-4-6-15/h2-10,12-13H,1H3,(H,20,21)/b19-12+. The lowest BCUT2D eigenvalue weighted by Crippen LogP contribution is -2.33. The van der Waals surface area contributed by atoms with E-state index < -0.39 is 6.10 Å². The van der Waals surface area contributed by atoms with Crippen LogP contribution in [0, 0.1) is 11.3 Å². The van der Waals surface area contributed by atoms with E-state index in [1.165, 1.54) is 0 Å². The maximum Gasteiger partial charge on any atom is 0.280 e. The Morgan fingerprint density at radius 3 is 2.55 bits per heavy atom. The van der Waals surface area contributed by atoms with E-state index >= 15 is 0 Å². The zero-order chi connectivity index (χ0) is 15.8. The number of nitriles is 1. The zero-order valence-electron chi connectivity index (χ0n) is 12.1. The molecule has 5 heteroatoms. The monoisotopic (exact) mass is 293 g/mol. The maximum atomic E-state index is 11.9. The predicted molar refractivity (Wildman–Crippen MR) is 83.4 cm³/mol. The van der Waals surface area contributed by atoms with Gasteiger partial charge in [0.2, 0.25) is 0 Å². The first-order valence-corrected chi connectivity index (χ1v) is 6.74. The smallest absolute Gasteiger partial charge is 0.280 e. The molecule has 1 amide bonds. The Hall–Kier alpha value is -3.13. The third-order valence-corrected chi connectivity index (χ3v) is 2.85. The van der Waals surface area contributed by atoms with Crippen molar-refractivity contribution in [1.82, 2.24) is 5.43 Å². The van der Waals surface area contributed by atoms with Gasteiger partial charge in [0.15, 0.2) is 6.10 Å². The summed E-state index contributed by atoms with van der Waals surface area (Å²) in [5.41, 5.74) is 3.86. The van der Waals surface area contributed by atoms with Crippen LogP contribution in [0.1, 0.15) is 18.1 Å². The Balaban J connectivity index is 1.86. The van der Waals surface area contributed by atoms with E-state index in [1.807, 2.05) is 36.4 Å². The number of nitrogens with zero attached hydrogens (tertiary/aromatic N) is 2. The summed E-state index contributed by atoms with van der Waals surface area (Å²) in [5.74, 6) is 0.172. The average molecular weight is 293 g/mol. The fraction of sp³-hybridized carbons (Fsp3) is 0.118. The van der Waals surface area contributed by atoms with Crippen LogP contribution in [-0.4, -0.2) is 18.2 Å². The summed E-state index contributed by atoms with van der Waals surface area (Å²) in [5, 5.41) is 12.6. The van der Waals surface area contributed by atoms with Crippen LogP contribution in [0.15, 0.2) is 59.7 Å². The third kappa shape index (κ3) is 4.46. The molecule has 22 heavy (non-hydrogen) atoms. The van der Waals surface area contributed by atoms with E-state index in [0.717, 1.165) is 5.56 Å². The Morgan fingerprint density at radius 1 is 1.23 bits per heavy atom. The second-order valence-corrected chi connectivity index (χ2v) is 4.54. The fourth-order valence-electron chi connectivity index (χ4n) is 1.67. The van der Waals surface area contributed by atoms with Gasteiger partial charge in [0.1, 0.15) is 5.75 Å². The highest BCUT2D eigenvalue weighted by atomic mass is 16.5. The van der Waals surface area contributed by atoms with Crippen LogP contribution in [0.3, 0.4) is 0 Å². The zero-order valence-corrected chi connectivity index (χ0v) is 12.1. The number of hydrazone groups is 1.